The summed E-state index contributed by atoms with van der Waals surface area (Å²) in [5.74, 6) is -0.394. The molecule has 0 spiro atoms. The summed E-state index contributed by atoms with van der Waals surface area (Å²) < 4.78 is 26.0. The van der Waals surface area contributed by atoms with E-state index in [1.54, 1.807) is 0 Å². The molecule has 0 atom stereocenters. The highest BCUT2D eigenvalue weighted by Crippen LogP contribution is 2.26. The van der Waals surface area contributed by atoms with Crippen molar-refractivity contribution in [3.63, 3.8) is 0 Å². The summed E-state index contributed by atoms with van der Waals surface area (Å²) in [6, 6.07) is 0. The van der Waals surface area contributed by atoms with Crippen molar-refractivity contribution in [2.24, 2.45) is 0 Å². The second-order valence-electron chi connectivity index (χ2n) is 0.721. The first-order valence-electron chi connectivity index (χ1n) is 1.35. The van der Waals surface area contributed by atoms with Gasteiger partial charge < -0.3 is 4.74 Å². The van der Waals surface area contributed by atoms with Crippen molar-refractivity contribution in [1.82, 2.24) is 0 Å². The highest BCUT2D eigenvalue weighted by molar-refractivity contribution is 8.07. The molecule has 0 heterocycles. The van der Waals surface area contributed by atoms with Crippen LogP contribution < -0.4 is 0 Å². The molecule has 0 aliphatic carbocycles. The van der Waals surface area contributed by atoms with Crippen LogP contribution in [-0.4, -0.2) is 13.0 Å². The normalized spacial score (nSPS) is 11.5. The van der Waals surface area contributed by atoms with Crippen molar-refractivity contribution in [1.29, 1.82) is 0 Å². The molecule has 0 rings (SSSR count). The molecular weight excluding hydrogens is 110 g/mol. The Bertz CT molecular complexity index is 32.7. The van der Waals surface area contributed by atoms with Crippen molar-refractivity contribution < 1.29 is 12.5 Å². The smallest absolute Gasteiger partial charge is 0.126 e. The first kappa shape index (κ1) is 6.17. The fourth-order valence-corrected chi connectivity index (χ4v) is 0.293. The second-order valence-corrected chi connectivity index (χ2v) is 1.58. The maximum atomic E-state index is 11.0. The zero-order chi connectivity index (χ0) is 4.99. The molecule has 0 amide bonds. The van der Waals surface area contributed by atoms with Crippen molar-refractivity contribution >= 4 is 11.7 Å². The topological polar surface area (TPSA) is 9.23 Å². The van der Waals surface area contributed by atoms with E-state index in [0.29, 0.717) is 0 Å². The molecule has 0 aliphatic heterocycles. The van der Waals surface area contributed by atoms with E-state index in [1.165, 1.54) is 7.11 Å². The van der Waals surface area contributed by atoms with Crippen molar-refractivity contribution in [3.05, 3.63) is 0 Å². The van der Waals surface area contributed by atoms with E-state index in [9.17, 15) is 7.77 Å². The van der Waals surface area contributed by atoms with Crippen LogP contribution in [0.4, 0.5) is 7.77 Å². The van der Waals surface area contributed by atoms with Crippen LogP contribution >= 0.6 is 11.7 Å². The van der Waals surface area contributed by atoms with E-state index in [-0.39, 0.29) is 0 Å². The van der Waals surface area contributed by atoms with Crippen molar-refractivity contribution in [3.8, 4) is 0 Å². The summed E-state index contributed by atoms with van der Waals surface area (Å²) in [6.07, 6.45) is 0. The number of hydrogen-bond acceptors (Lipinski definition) is 1. The van der Waals surface area contributed by atoms with Gasteiger partial charge in [-0.25, -0.2) is 0 Å². The molecule has 0 fully saturated rings. The molecule has 0 aromatic heterocycles. The Balaban J connectivity index is 2.63. The molecule has 0 aromatic carbocycles. The lowest BCUT2D eigenvalue weighted by Gasteiger charge is -1.94. The van der Waals surface area contributed by atoms with Gasteiger partial charge in [-0.1, -0.05) is 0 Å². The Morgan fingerprint density at radius 2 is 2.17 bits per heavy atom. The lowest BCUT2D eigenvalue weighted by atomic mass is 11.5. The van der Waals surface area contributed by atoms with E-state index in [1.807, 2.05) is 0 Å². The SMILES string of the molecule is COC[SH](F)F. The standard InChI is InChI=1S/C2H6F2OS/c1-5-2-6(3)4/h6H,2H2,1H3. The van der Waals surface area contributed by atoms with E-state index >= 15 is 0 Å². The Morgan fingerprint density at radius 1 is 1.67 bits per heavy atom. The summed E-state index contributed by atoms with van der Waals surface area (Å²) >= 11 is -2.82. The van der Waals surface area contributed by atoms with Gasteiger partial charge in [0.1, 0.15) is 5.94 Å². The number of thiol groups is 1. The summed E-state index contributed by atoms with van der Waals surface area (Å²) in [6.45, 7) is 0. The van der Waals surface area contributed by atoms with Gasteiger partial charge in [-0.05, 0) is 0 Å². The van der Waals surface area contributed by atoms with Gasteiger partial charge in [0.15, 0.2) is 0 Å². The number of hydrogen-bond donors (Lipinski definition) is 1. The minimum Gasteiger partial charge on any atom is -0.371 e. The van der Waals surface area contributed by atoms with Crippen LogP contribution in [0.3, 0.4) is 0 Å². The summed E-state index contributed by atoms with van der Waals surface area (Å²) in [4.78, 5) is 0. The van der Waals surface area contributed by atoms with Crippen molar-refractivity contribution in [2.45, 2.75) is 0 Å². The van der Waals surface area contributed by atoms with Gasteiger partial charge >= 0.3 is 0 Å². The van der Waals surface area contributed by atoms with Crippen LogP contribution in [0.15, 0.2) is 0 Å². The molecule has 0 N–H and O–H groups in total. The van der Waals surface area contributed by atoms with Crippen LogP contribution in [0, 0.1) is 0 Å². The molecule has 0 bridgehead atoms. The Hall–Kier alpha value is 0.170. The van der Waals surface area contributed by atoms with Crippen LogP contribution in [-0.2, 0) is 4.74 Å². The van der Waals surface area contributed by atoms with E-state index < -0.39 is 17.6 Å². The minimum absolute atomic E-state index is 0.394. The molecule has 4 heteroatoms. The largest absolute Gasteiger partial charge is 0.371 e. The zero-order valence-corrected chi connectivity index (χ0v) is 4.21. The second kappa shape index (κ2) is 3.36. The molecule has 0 aliphatic rings. The highest BCUT2D eigenvalue weighted by Gasteiger charge is 1.89. The summed E-state index contributed by atoms with van der Waals surface area (Å²) in [5, 5.41) is 0. The van der Waals surface area contributed by atoms with Gasteiger partial charge in [0.25, 0.3) is 0 Å². The Morgan fingerprint density at radius 3 is 2.17 bits per heavy atom. The van der Waals surface area contributed by atoms with Gasteiger partial charge in [-0.15, -0.1) is 0 Å². The summed E-state index contributed by atoms with van der Waals surface area (Å²) in [7, 11) is 1.26. The fraction of sp³-hybridized carbons (Fsp3) is 1.00. The highest BCUT2D eigenvalue weighted by atomic mass is 32.3. The van der Waals surface area contributed by atoms with E-state index in [0.717, 1.165) is 0 Å². The molecular formula is C2H6F2OS. The maximum Gasteiger partial charge on any atom is 0.126 e. The maximum absolute atomic E-state index is 11.0. The molecule has 0 saturated carbocycles. The first-order chi connectivity index (χ1) is 2.77. The van der Waals surface area contributed by atoms with Gasteiger partial charge in [0.05, 0.1) is 11.7 Å². The first-order valence-corrected chi connectivity index (χ1v) is 2.66. The Labute approximate surface area is 38.2 Å². The fourth-order valence-electron chi connectivity index (χ4n) is 0.0976. The molecule has 0 saturated heterocycles. The third-order valence-electron chi connectivity index (χ3n) is 0.227. The quantitative estimate of drug-likeness (QED) is 0.536. The van der Waals surface area contributed by atoms with E-state index in [4.69, 9.17) is 0 Å². The lowest BCUT2D eigenvalue weighted by molar-refractivity contribution is 0.251. The Kier molecular flexibility index (Phi) is 3.46. The van der Waals surface area contributed by atoms with Gasteiger partial charge in [0, 0.05) is 7.11 Å². The number of ether oxygens (including phenoxy) is 1. The van der Waals surface area contributed by atoms with Crippen molar-refractivity contribution in [2.75, 3.05) is 13.0 Å². The molecule has 0 unspecified atom stereocenters. The van der Waals surface area contributed by atoms with E-state index in [2.05, 4.69) is 4.74 Å². The zero-order valence-electron chi connectivity index (χ0n) is 3.32. The average molecular weight is 116 g/mol. The number of halogens is 2. The third-order valence-corrected chi connectivity index (χ3v) is 0.680. The molecule has 6 heavy (non-hydrogen) atoms. The lowest BCUT2D eigenvalue weighted by Crippen LogP contribution is -1.78. The van der Waals surface area contributed by atoms with Gasteiger partial charge in [-0.3, -0.25) is 0 Å². The van der Waals surface area contributed by atoms with Crippen LogP contribution in [0.25, 0.3) is 0 Å². The van der Waals surface area contributed by atoms with Gasteiger partial charge in [-0.2, -0.15) is 7.77 Å². The predicted molar refractivity (Wildman–Crippen MR) is 23.1 cm³/mol. The molecule has 40 valence electrons. The molecule has 1 nitrogen and oxygen atoms in total. The average Bonchev–Trinajstić information content (AvgIpc) is 1.35. The minimum atomic E-state index is -2.82. The summed E-state index contributed by atoms with van der Waals surface area (Å²) in [5.41, 5.74) is 0. The van der Waals surface area contributed by atoms with Gasteiger partial charge in [0.2, 0.25) is 0 Å². The number of methoxy groups -OCH3 is 1. The molecule has 0 aromatic rings. The van der Waals surface area contributed by atoms with Crippen LogP contribution in [0.1, 0.15) is 0 Å². The monoisotopic (exact) mass is 116 g/mol. The predicted octanol–water partition coefficient (Wildman–Crippen LogP) is 1.36. The number of rotatable bonds is 2. The third kappa shape index (κ3) is 4.17. The molecule has 0 radical (unpaired) electrons. The van der Waals surface area contributed by atoms with Crippen LogP contribution in [0.2, 0.25) is 0 Å². The van der Waals surface area contributed by atoms with Crippen LogP contribution in [0.5, 0.6) is 0 Å².